The maximum absolute atomic E-state index is 6.05. The molecule has 0 unspecified atom stereocenters. The van der Waals surface area contributed by atoms with Gasteiger partial charge in [0.05, 0.1) is 11.9 Å². The van der Waals surface area contributed by atoms with E-state index >= 15 is 0 Å². The number of anilines is 3. The van der Waals surface area contributed by atoms with Gasteiger partial charge in [0.1, 0.15) is 18.2 Å². The number of hydrogen-bond acceptors (Lipinski definition) is 5. The molecule has 2 aromatic heterocycles. The second-order valence-electron chi connectivity index (χ2n) is 5.90. The number of nitrogens with one attached hydrogen (secondary N) is 1. The van der Waals surface area contributed by atoms with Gasteiger partial charge in [-0.25, -0.2) is 4.98 Å². The van der Waals surface area contributed by atoms with E-state index in [9.17, 15) is 0 Å². The zero-order valence-electron chi connectivity index (χ0n) is 14.1. The molecular formula is C21H18N4O. The Hall–Kier alpha value is -3.60. The molecule has 0 spiro atoms. The molecule has 0 saturated heterocycles. The molecule has 2 heterocycles. The first kappa shape index (κ1) is 15.9. The van der Waals surface area contributed by atoms with Gasteiger partial charge in [-0.3, -0.25) is 4.98 Å². The third-order valence-electron chi connectivity index (χ3n) is 4.07. The summed E-state index contributed by atoms with van der Waals surface area (Å²) in [5, 5.41) is 5.24. The summed E-state index contributed by atoms with van der Waals surface area (Å²) >= 11 is 0. The van der Waals surface area contributed by atoms with Gasteiger partial charge in [0.25, 0.3) is 0 Å². The standard InChI is InChI=1S/C21H18N4O/c22-19-7-8-20(18-6-2-1-5-17(18)19)26-14-15-9-11-24-21(12-15)25-16-4-3-10-23-13-16/h1-13H,14,22H2,(H,24,25). The highest BCUT2D eigenvalue weighted by molar-refractivity contribution is 5.96. The third kappa shape index (κ3) is 3.42. The van der Waals surface area contributed by atoms with Crippen LogP contribution in [0.25, 0.3) is 10.8 Å². The van der Waals surface area contributed by atoms with E-state index in [1.807, 2.05) is 60.7 Å². The summed E-state index contributed by atoms with van der Waals surface area (Å²) in [5.74, 6) is 1.56. The van der Waals surface area contributed by atoms with Crippen molar-refractivity contribution in [3.05, 3.63) is 84.8 Å². The maximum Gasteiger partial charge on any atom is 0.130 e. The minimum Gasteiger partial charge on any atom is -0.488 e. The van der Waals surface area contributed by atoms with Crippen molar-refractivity contribution in [2.45, 2.75) is 6.61 Å². The Bertz CT molecular complexity index is 1030. The van der Waals surface area contributed by atoms with Gasteiger partial charge >= 0.3 is 0 Å². The summed E-state index contributed by atoms with van der Waals surface area (Å²) in [6.07, 6.45) is 5.25. The predicted molar refractivity (Wildman–Crippen MR) is 104 cm³/mol. The first-order valence-corrected chi connectivity index (χ1v) is 8.31. The van der Waals surface area contributed by atoms with Crippen LogP contribution >= 0.6 is 0 Å². The fraction of sp³-hybridized carbons (Fsp3) is 0.0476. The number of nitrogens with two attached hydrogens (primary N) is 1. The van der Waals surface area contributed by atoms with Crippen molar-refractivity contribution in [2.24, 2.45) is 0 Å². The molecule has 4 rings (SSSR count). The van der Waals surface area contributed by atoms with Crippen molar-refractivity contribution < 1.29 is 4.74 Å². The molecule has 0 radical (unpaired) electrons. The van der Waals surface area contributed by atoms with Crippen LogP contribution in [0.2, 0.25) is 0 Å². The van der Waals surface area contributed by atoms with Crippen molar-refractivity contribution in [1.82, 2.24) is 9.97 Å². The van der Waals surface area contributed by atoms with Crippen LogP contribution in [0, 0.1) is 0 Å². The van der Waals surface area contributed by atoms with Crippen LogP contribution in [0.4, 0.5) is 17.2 Å². The molecule has 0 atom stereocenters. The number of benzene rings is 2. The van der Waals surface area contributed by atoms with E-state index in [2.05, 4.69) is 15.3 Å². The van der Waals surface area contributed by atoms with Crippen molar-refractivity contribution in [3.8, 4) is 5.75 Å². The number of pyridine rings is 2. The topological polar surface area (TPSA) is 73.1 Å². The Labute approximate surface area is 151 Å². The molecule has 0 aliphatic carbocycles. The summed E-state index contributed by atoms with van der Waals surface area (Å²) in [5.41, 5.74) is 8.71. The molecule has 0 fully saturated rings. The molecule has 4 aromatic rings. The van der Waals surface area contributed by atoms with Gasteiger partial charge in [0.2, 0.25) is 0 Å². The first-order valence-electron chi connectivity index (χ1n) is 8.31. The zero-order chi connectivity index (χ0) is 17.8. The van der Waals surface area contributed by atoms with E-state index in [1.165, 1.54) is 0 Å². The number of nitrogen functional groups attached to an aromatic ring is 1. The SMILES string of the molecule is Nc1ccc(OCc2ccnc(Nc3cccnc3)c2)c2ccccc12. The lowest BCUT2D eigenvalue weighted by Crippen LogP contribution is -2.00. The van der Waals surface area contributed by atoms with Crippen LogP contribution in [0.1, 0.15) is 5.56 Å². The van der Waals surface area contributed by atoms with Crippen LogP contribution in [-0.4, -0.2) is 9.97 Å². The summed E-state index contributed by atoms with van der Waals surface area (Å²) in [6, 6.07) is 19.5. The van der Waals surface area contributed by atoms with Crippen LogP contribution in [0.3, 0.4) is 0 Å². The average molecular weight is 342 g/mol. The number of ether oxygens (including phenoxy) is 1. The normalized spacial score (nSPS) is 10.6. The van der Waals surface area contributed by atoms with Gasteiger partial charge in [-0.05, 0) is 42.0 Å². The van der Waals surface area contributed by atoms with Crippen molar-refractivity contribution in [1.29, 1.82) is 0 Å². The van der Waals surface area contributed by atoms with Gasteiger partial charge in [-0.2, -0.15) is 0 Å². The van der Waals surface area contributed by atoms with Crippen molar-refractivity contribution in [3.63, 3.8) is 0 Å². The monoisotopic (exact) mass is 342 g/mol. The molecule has 5 heteroatoms. The van der Waals surface area contributed by atoms with Gasteiger partial charge in [-0.1, -0.05) is 24.3 Å². The van der Waals surface area contributed by atoms with Crippen LogP contribution < -0.4 is 15.8 Å². The van der Waals surface area contributed by atoms with Crippen LogP contribution in [-0.2, 0) is 6.61 Å². The van der Waals surface area contributed by atoms with E-state index in [-0.39, 0.29) is 0 Å². The predicted octanol–water partition coefficient (Wildman–Crippen LogP) is 4.53. The molecule has 128 valence electrons. The molecular weight excluding hydrogens is 324 g/mol. The molecule has 5 nitrogen and oxygen atoms in total. The van der Waals surface area contributed by atoms with Crippen molar-refractivity contribution >= 4 is 28.0 Å². The molecule has 26 heavy (non-hydrogen) atoms. The average Bonchev–Trinajstić information content (AvgIpc) is 2.69. The highest BCUT2D eigenvalue weighted by Crippen LogP contribution is 2.30. The fourth-order valence-corrected chi connectivity index (χ4v) is 2.80. The lowest BCUT2D eigenvalue weighted by molar-refractivity contribution is 0.310. The molecule has 0 aliphatic heterocycles. The summed E-state index contributed by atoms with van der Waals surface area (Å²) in [7, 11) is 0. The van der Waals surface area contributed by atoms with E-state index in [0.29, 0.717) is 6.61 Å². The molecule has 0 saturated carbocycles. The molecule has 3 N–H and O–H groups in total. The lowest BCUT2D eigenvalue weighted by atomic mass is 10.1. The van der Waals surface area contributed by atoms with E-state index in [4.69, 9.17) is 10.5 Å². The van der Waals surface area contributed by atoms with Gasteiger partial charge < -0.3 is 15.8 Å². The lowest BCUT2D eigenvalue weighted by Gasteiger charge is -2.12. The first-order chi connectivity index (χ1) is 12.8. The number of hydrogen-bond donors (Lipinski definition) is 2. The summed E-state index contributed by atoms with van der Waals surface area (Å²) in [6.45, 7) is 0.443. The largest absolute Gasteiger partial charge is 0.488 e. The Morgan fingerprint density at radius 2 is 1.81 bits per heavy atom. The quantitative estimate of drug-likeness (QED) is 0.521. The smallest absolute Gasteiger partial charge is 0.130 e. The molecule has 2 aromatic carbocycles. The van der Waals surface area contributed by atoms with Gasteiger partial charge in [0.15, 0.2) is 0 Å². The number of fused-ring (bicyclic) bond motifs is 1. The molecule has 0 amide bonds. The van der Waals surface area contributed by atoms with Gasteiger partial charge in [0, 0.05) is 28.9 Å². The Balaban J connectivity index is 1.52. The Morgan fingerprint density at radius 3 is 2.65 bits per heavy atom. The number of aromatic nitrogens is 2. The minimum absolute atomic E-state index is 0.443. The highest BCUT2D eigenvalue weighted by Gasteiger charge is 2.06. The van der Waals surface area contributed by atoms with Crippen molar-refractivity contribution in [2.75, 3.05) is 11.1 Å². The zero-order valence-corrected chi connectivity index (χ0v) is 14.1. The Morgan fingerprint density at radius 1 is 0.923 bits per heavy atom. The second kappa shape index (κ2) is 7.11. The number of rotatable bonds is 5. The minimum atomic E-state index is 0.443. The van der Waals surface area contributed by atoms with Crippen LogP contribution in [0.15, 0.2) is 79.3 Å². The van der Waals surface area contributed by atoms with E-state index in [1.54, 1.807) is 18.6 Å². The van der Waals surface area contributed by atoms with Gasteiger partial charge in [-0.15, -0.1) is 0 Å². The molecule has 0 aliphatic rings. The second-order valence-corrected chi connectivity index (χ2v) is 5.90. The highest BCUT2D eigenvalue weighted by atomic mass is 16.5. The van der Waals surface area contributed by atoms with E-state index in [0.717, 1.165) is 39.3 Å². The molecule has 0 bridgehead atoms. The van der Waals surface area contributed by atoms with E-state index < -0.39 is 0 Å². The Kier molecular flexibility index (Phi) is 4.35. The van der Waals surface area contributed by atoms with Crippen LogP contribution in [0.5, 0.6) is 5.75 Å². The fourth-order valence-electron chi connectivity index (χ4n) is 2.80. The summed E-state index contributed by atoms with van der Waals surface area (Å²) in [4.78, 5) is 8.43. The third-order valence-corrected chi connectivity index (χ3v) is 4.07. The maximum atomic E-state index is 6.05. The summed E-state index contributed by atoms with van der Waals surface area (Å²) < 4.78 is 6.04. The number of nitrogens with zero attached hydrogens (tertiary/aromatic N) is 2.